The molecule has 1 atom stereocenters. The molecule has 116 valence electrons. The first kappa shape index (κ1) is 15.9. The predicted molar refractivity (Wildman–Crippen MR) is 84.4 cm³/mol. The highest BCUT2D eigenvalue weighted by Gasteiger charge is 2.09. The second kappa shape index (κ2) is 8.05. The van der Waals surface area contributed by atoms with Gasteiger partial charge in [-0.3, -0.25) is 0 Å². The Hall–Kier alpha value is -2.53. The van der Waals surface area contributed by atoms with E-state index in [9.17, 15) is 4.79 Å². The van der Waals surface area contributed by atoms with E-state index in [4.69, 9.17) is 15.2 Å². The Morgan fingerprint density at radius 3 is 2.41 bits per heavy atom. The van der Waals surface area contributed by atoms with Gasteiger partial charge in [0.2, 0.25) is 0 Å². The minimum Gasteiger partial charge on any atom is -0.497 e. The number of benzene rings is 2. The Morgan fingerprint density at radius 1 is 1.09 bits per heavy atom. The highest BCUT2D eigenvalue weighted by atomic mass is 16.5. The maximum absolute atomic E-state index is 11.7. The molecular weight excluding hydrogens is 280 g/mol. The molecular formula is C17H20N2O3. The summed E-state index contributed by atoms with van der Waals surface area (Å²) >= 11 is 0. The number of alkyl carbamates (subject to hydrolysis) is 1. The highest BCUT2D eigenvalue weighted by molar-refractivity contribution is 5.67. The molecule has 0 radical (unpaired) electrons. The lowest BCUT2D eigenvalue weighted by Gasteiger charge is -2.14. The Labute approximate surface area is 130 Å². The minimum absolute atomic E-state index is 0.224. The van der Waals surface area contributed by atoms with Crippen molar-refractivity contribution < 1.29 is 14.3 Å². The number of amides is 1. The summed E-state index contributed by atoms with van der Waals surface area (Å²) in [7, 11) is 1.62. The summed E-state index contributed by atoms with van der Waals surface area (Å²) in [5, 5.41) is 2.61. The summed E-state index contributed by atoms with van der Waals surface area (Å²) in [5.74, 6) is 0.785. The zero-order valence-electron chi connectivity index (χ0n) is 12.5. The van der Waals surface area contributed by atoms with Crippen molar-refractivity contribution in [3.63, 3.8) is 0 Å². The maximum atomic E-state index is 11.7. The van der Waals surface area contributed by atoms with Crippen molar-refractivity contribution in [1.82, 2.24) is 5.32 Å². The quantitative estimate of drug-likeness (QED) is 0.804. The Kier molecular flexibility index (Phi) is 5.80. The second-order valence-corrected chi connectivity index (χ2v) is 4.86. The van der Waals surface area contributed by atoms with E-state index >= 15 is 0 Å². The van der Waals surface area contributed by atoms with E-state index in [1.54, 1.807) is 7.11 Å². The summed E-state index contributed by atoms with van der Waals surface area (Å²) in [5.41, 5.74) is 7.85. The third-order valence-corrected chi connectivity index (χ3v) is 3.13. The van der Waals surface area contributed by atoms with Crippen LogP contribution in [0.4, 0.5) is 4.79 Å². The van der Waals surface area contributed by atoms with Crippen LogP contribution in [0, 0.1) is 0 Å². The molecule has 0 saturated heterocycles. The second-order valence-electron chi connectivity index (χ2n) is 4.86. The van der Waals surface area contributed by atoms with Crippen LogP contribution in [0.1, 0.15) is 11.1 Å². The van der Waals surface area contributed by atoms with Gasteiger partial charge in [0.15, 0.2) is 0 Å². The van der Waals surface area contributed by atoms with Gasteiger partial charge >= 0.3 is 6.09 Å². The third kappa shape index (κ3) is 5.10. The van der Waals surface area contributed by atoms with Crippen LogP contribution in [0.25, 0.3) is 0 Å². The molecule has 1 amide bonds. The summed E-state index contributed by atoms with van der Waals surface area (Å²) in [4.78, 5) is 11.7. The Bertz CT molecular complexity index is 585. The van der Waals surface area contributed by atoms with E-state index in [2.05, 4.69) is 5.32 Å². The zero-order chi connectivity index (χ0) is 15.8. The maximum Gasteiger partial charge on any atom is 0.408 e. The number of carbonyl (C=O) groups excluding carboxylic acids is 1. The molecule has 5 nitrogen and oxygen atoms in total. The van der Waals surface area contributed by atoms with E-state index in [0.29, 0.717) is 6.42 Å². The molecule has 0 bridgehead atoms. The molecule has 2 aromatic rings. The van der Waals surface area contributed by atoms with Gasteiger partial charge in [-0.1, -0.05) is 42.5 Å². The van der Waals surface area contributed by atoms with Crippen LogP contribution in [0.5, 0.6) is 5.75 Å². The molecule has 0 aliphatic heterocycles. The lowest BCUT2D eigenvalue weighted by molar-refractivity contribution is 0.136. The predicted octanol–water partition coefficient (Wildman–Crippen LogP) is 2.45. The van der Waals surface area contributed by atoms with E-state index in [1.807, 2.05) is 54.6 Å². The third-order valence-electron chi connectivity index (χ3n) is 3.13. The molecule has 22 heavy (non-hydrogen) atoms. The average molecular weight is 300 g/mol. The van der Waals surface area contributed by atoms with Crippen LogP contribution < -0.4 is 15.8 Å². The first-order valence-electron chi connectivity index (χ1n) is 7.03. The number of nitrogens with two attached hydrogens (primary N) is 1. The largest absolute Gasteiger partial charge is 0.497 e. The molecule has 0 aliphatic rings. The lowest BCUT2D eigenvalue weighted by Crippen LogP contribution is -2.43. The van der Waals surface area contributed by atoms with E-state index in [-0.39, 0.29) is 6.61 Å². The summed E-state index contributed by atoms with van der Waals surface area (Å²) < 4.78 is 10.2. The van der Waals surface area contributed by atoms with Crippen molar-refractivity contribution >= 4 is 6.09 Å². The normalized spacial score (nSPS) is 11.5. The molecule has 0 saturated carbocycles. The fraction of sp³-hybridized carbons (Fsp3) is 0.235. The van der Waals surface area contributed by atoms with Crippen molar-refractivity contribution in [2.75, 3.05) is 7.11 Å². The summed E-state index contributed by atoms with van der Waals surface area (Å²) in [6.45, 7) is 0.224. The van der Waals surface area contributed by atoms with Gasteiger partial charge in [-0.05, 0) is 23.3 Å². The van der Waals surface area contributed by atoms with Crippen LogP contribution in [0.3, 0.4) is 0 Å². The summed E-state index contributed by atoms with van der Waals surface area (Å²) in [6.07, 6.45) is -0.508. The van der Waals surface area contributed by atoms with E-state index in [0.717, 1.165) is 16.9 Å². The first-order valence-corrected chi connectivity index (χ1v) is 7.03. The van der Waals surface area contributed by atoms with E-state index < -0.39 is 12.3 Å². The van der Waals surface area contributed by atoms with Gasteiger partial charge in [0, 0.05) is 6.42 Å². The van der Waals surface area contributed by atoms with E-state index in [1.165, 1.54) is 0 Å². The topological polar surface area (TPSA) is 73.6 Å². The Morgan fingerprint density at radius 2 is 1.77 bits per heavy atom. The minimum atomic E-state index is -0.523. The van der Waals surface area contributed by atoms with Crippen LogP contribution >= 0.6 is 0 Å². The van der Waals surface area contributed by atoms with Gasteiger partial charge in [0.05, 0.1) is 13.3 Å². The molecule has 0 fully saturated rings. The Balaban J connectivity index is 1.75. The fourth-order valence-electron chi connectivity index (χ4n) is 1.98. The first-order chi connectivity index (χ1) is 10.7. The van der Waals surface area contributed by atoms with Crippen molar-refractivity contribution in [3.05, 3.63) is 65.7 Å². The number of ether oxygens (including phenoxy) is 2. The van der Waals surface area contributed by atoms with Gasteiger partial charge < -0.3 is 20.5 Å². The SMILES string of the molecule is COc1ccc(C[C@@H](N)NC(=O)OCc2ccccc2)cc1. The van der Waals surface area contributed by atoms with Crippen molar-refractivity contribution in [1.29, 1.82) is 0 Å². The number of carbonyl (C=O) groups is 1. The van der Waals surface area contributed by atoms with Gasteiger partial charge in [0.1, 0.15) is 12.4 Å². The molecule has 5 heteroatoms. The molecule has 2 rings (SSSR count). The lowest BCUT2D eigenvalue weighted by atomic mass is 10.1. The highest BCUT2D eigenvalue weighted by Crippen LogP contribution is 2.12. The molecule has 0 heterocycles. The number of hydrogen-bond donors (Lipinski definition) is 2. The van der Waals surface area contributed by atoms with Crippen molar-refractivity contribution in [2.24, 2.45) is 5.73 Å². The van der Waals surface area contributed by atoms with Crippen LogP contribution in [-0.4, -0.2) is 19.4 Å². The molecule has 0 unspecified atom stereocenters. The number of hydrogen-bond acceptors (Lipinski definition) is 4. The van der Waals surface area contributed by atoms with Crippen LogP contribution in [0.15, 0.2) is 54.6 Å². The van der Waals surface area contributed by atoms with Gasteiger partial charge in [-0.25, -0.2) is 4.79 Å². The van der Waals surface area contributed by atoms with Crippen molar-refractivity contribution in [3.8, 4) is 5.75 Å². The zero-order valence-corrected chi connectivity index (χ0v) is 12.5. The van der Waals surface area contributed by atoms with Crippen LogP contribution in [0.2, 0.25) is 0 Å². The molecule has 0 aliphatic carbocycles. The average Bonchev–Trinajstić information content (AvgIpc) is 2.54. The molecule has 0 aromatic heterocycles. The smallest absolute Gasteiger partial charge is 0.408 e. The summed E-state index contributed by atoms with van der Waals surface area (Å²) in [6, 6.07) is 17.0. The van der Waals surface area contributed by atoms with Crippen LogP contribution in [-0.2, 0) is 17.8 Å². The molecule has 3 N–H and O–H groups in total. The van der Waals surface area contributed by atoms with Gasteiger partial charge in [0.25, 0.3) is 0 Å². The number of nitrogens with one attached hydrogen (secondary N) is 1. The van der Waals surface area contributed by atoms with Gasteiger partial charge in [-0.2, -0.15) is 0 Å². The standard InChI is InChI=1S/C17H20N2O3/c1-21-15-9-7-13(8-10-15)11-16(18)19-17(20)22-12-14-5-3-2-4-6-14/h2-10,16H,11-12,18H2,1H3,(H,19,20)/t16-/m0/s1. The monoisotopic (exact) mass is 300 g/mol. The van der Waals surface area contributed by atoms with Gasteiger partial charge in [-0.15, -0.1) is 0 Å². The fourth-order valence-corrected chi connectivity index (χ4v) is 1.98. The molecule has 0 spiro atoms. The number of methoxy groups -OCH3 is 1. The van der Waals surface area contributed by atoms with Crippen molar-refractivity contribution in [2.45, 2.75) is 19.2 Å². The number of rotatable bonds is 6. The molecule has 2 aromatic carbocycles.